The van der Waals surface area contributed by atoms with Crippen LogP contribution in [-0.2, 0) is 6.54 Å². The van der Waals surface area contributed by atoms with E-state index in [1.165, 1.54) is 10.9 Å². The fourth-order valence-electron chi connectivity index (χ4n) is 1.93. The highest BCUT2D eigenvalue weighted by Crippen LogP contribution is 2.15. The van der Waals surface area contributed by atoms with Gasteiger partial charge in [-0.1, -0.05) is 24.3 Å². The van der Waals surface area contributed by atoms with E-state index in [4.69, 9.17) is 0 Å². The van der Waals surface area contributed by atoms with Gasteiger partial charge in [0, 0.05) is 24.0 Å². The molecule has 0 aliphatic carbocycles. The van der Waals surface area contributed by atoms with Gasteiger partial charge in [0.1, 0.15) is 0 Å². The monoisotopic (exact) mass is 223 g/mol. The molecule has 84 valence electrons. The Labute approximate surface area is 99.7 Å². The predicted molar refractivity (Wildman–Crippen MR) is 69.2 cm³/mol. The number of para-hydroxylation sites is 1. The van der Waals surface area contributed by atoms with Gasteiger partial charge in [0.05, 0.1) is 12.1 Å². The average Bonchev–Trinajstić information content (AvgIpc) is 2.89. The van der Waals surface area contributed by atoms with Gasteiger partial charge in [-0.2, -0.15) is 0 Å². The second kappa shape index (κ2) is 4.29. The van der Waals surface area contributed by atoms with Crippen molar-refractivity contribution < 1.29 is 0 Å². The number of hydrogen-bond acceptors (Lipinski definition) is 2. The van der Waals surface area contributed by atoms with Crippen LogP contribution in [0.25, 0.3) is 10.9 Å². The SMILES string of the molecule is c1cnc2c(CNn3cccc3)cccc2c1. The maximum Gasteiger partial charge on any atom is 0.0752 e. The van der Waals surface area contributed by atoms with Crippen LogP contribution in [0.2, 0.25) is 0 Å². The smallest absolute Gasteiger partial charge is 0.0752 e. The van der Waals surface area contributed by atoms with E-state index in [2.05, 4.69) is 34.7 Å². The Morgan fingerprint density at radius 3 is 2.71 bits per heavy atom. The quantitative estimate of drug-likeness (QED) is 0.740. The maximum absolute atomic E-state index is 4.43. The van der Waals surface area contributed by atoms with Gasteiger partial charge in [0.2, 0.25) is 0 Å². The third kappa shape index (κ3) is 1.99. The van der Waals surface area contributed by atoms with Gasteiger partial charge < -0.3 is 5.43 Å². The maximum atomic E-state index is 4.43. The molecule has 0 saturated heterocycles. The molecule has 2 heterocycles. The molecule has 0 unspecified atom stereocenters. The summed E-state index contributed by atoms with van der Waals surface area (Å²) in [6.45, 7) is 0.767. The van der Waals surface area contributed by atoms with Crippen molar-refractivity contribution in [2.24, 2.45) is 0 Å². The third-order valence-corrected chi connectivity index (χ3v) is 2.77. The van der Waals surface area contributed by atoms with Crippen molar-refractivity contribution in [2.45, 2.75) is 6.54 Å². The standard InChI is InChI=1S/C14H13N3/c1-2-10-17(9-1)16-11-13-6-3-5-12-7-4-8-15-14(12)13/h1-10,16H,11H2. The van der Waals surface area contributed by atoms with E-state index in [9.17, 15) is 0 Å². The van der Waals surface area contributed by atoms with E-state index in [-0.39, 0.29) is 0 Å². The van der Waals surface area contributed by atoms with E-state index in [1.807, 2.05) is 41.5 Å². The van der Waals surface area contributed by atoms with Crippen LogP contribution >= 0.6 is 0 Å². The Hall–Kier alpha value is -2.29. The molecule has 3 rings (SSSR count). The van der Waals surface area contributed by atoms with Crippen molar-refractivity contribution in [3.63, 3.8) is 0 Å². The number of benzene rings is 1. The van der Waals surface area contributed by atoms with Crippen LogP contribution in [0.4, 0.5) is 0 Å². The first-order valence-electron chi connectivity index (χ1n) is 5.63. The van der Waals surface area contributed by atoms with Crippen molar-refractivity contribution in [3.05, 3.63) is 66.6 Å². The number of aromatic nitrogens is 2. The summed E-state index contributed by atoms with van der Waals surface area (Å²) in [5.41, 5.74) is 5.58. The number of rotatable bonds is 3. The van der Waals surface area contributed by atoms with Gasteiger partial charge in [-0.3, -0.25) is 9.66 Å². The zero-order valence-electron chi connectivity index (χ0n) is 9.38. The molecule has 1 aromatic carbocycles. The predicted octanol–water partition coefficient (Wildman–Crippen LogP) is 2.78. The summed E-state index contributed by atoms with van der Waals surface area (Å²) in [7, 11) is 0. The third-order valence-electron chi connectivity index (χ3n) is 2.77. The molecule has 3 aromatic rings. The topological polar surface area (TPSA) is 29.9 Å². The lowest BCUT2D eigenvalue weighted by molar-refractivity contribution is 0.849. The van der Waals surface area contributed by atoms with E-state index in [0.29, 0.717) is 0 Å². The van der Waals surface area contributed by atoms with E-state index in [1.54, 1.807) is 0 Å². The van der Waals surface area contributed by atoms with Crippen LogP contribution in [0, 0.1) is 0 Å². The number of nitrogens with zero attached hydrogens (tertiary/aromatic N) is 2. The highest BCUT2D eigenvalue weighted by Gasteiger charge is 2.00. The second-order valence-corrected chi connectivity index (χ2v) is 3.92. The molecule has 0 aliphatic heterocycles. The van der Waals surface area contributed by atoms with Crippen LogP contribution < -0.4 is 5.43 Å². The first-order valence-corrected chi connectivity index (χ1v) is 5.63. The summed E-state index contributed by atoms with van der Waals surface area (Å²) >= 11 is 0. The molecule has 0 saturated carbocycles. The number of hydrogen-bond donors (Lipinski definition) is 1. The van der Waals surface area contributed by atoms with Crippen LogP contribution in [-0.4, -0.2) is 9.66 Å². The lowest BCUT2D eigenvalue weighted by Gasteiger charge is -2.09. The van der Waals surface area contributed by atoms with Crippen LogP contribution in [0.1, 0.15) is 5.56 Å². The number of pyridine rings is 1. The Balaban J connectivity index is 1.90. The van der Waals surface area contributed by atoms with Crippen molar-refractivity contribution in [2.75, 3.05) is 5.43 Å². The van der Waals surface area contributed by atoms with Crippen LogP contribution in [0.15, 0.2) is 61.1 Å². The Morgan fingerprint density at radius 2 is 1.82 bits per heavy atom. The number of nitrogens with one attached hydrogen (secondary N) is 1. The molecule has 0 amide bonds. The first-order chi connectivity index (χ1) is 8.43. The first kappa shape index (κ1) is 9.90. The molecule has 3 nitrogen and oxygen atoms in total. The molecule has 3 heteroatoms. The zero-order valence-corrected chi connectivity index (χ0v) is 9.38. The molecule has 0 atom stereocenters. The van der Waals surface area contributed by atoms with Gasteiger partial charge in [0.25, 0.3) is 0 Å². The van der Waals surface area contributed by atoms with Crippen molar-refractivity contribution in [1.82, 2.24) is 9.66 Å². The zero-order chi connectivity index (χ0) is 11.5. The normalized spacial score (nSPS) is 10.6. The summed E-state index contributed by atoms with van der Waals surface area (Å²) in [6, 6.07) is 14.3. The summed E-state index contributed by atoms with van der Waals surface area (Å²) < 4.78 is 1.95. The molecule has 2 aromatic heterocycles. The van der Waals surface area contributed by atoms with Gasteiger partial charge in [0.15, 0.2) is 0 Å². The minimum absolute atomic E-state index is 0.767. The Morgan fingerprint density at radius 1 is 1.00 bits per heavy atom. The fraction of sp³-hybridized carbons (Fsp3) is 0.0714. The van der Waals surface area contributed by atoms with Gasteiger partial charge >= 0.3 is 0 Å². The highest BCUT2D eigenvalue weighted by molar-refractivity contribution is 5.81. The molecular weight excluding hydrogens is 210 g/mol. The molecule has 0 bridgehead atoms. The Bertz CT molecular complexity index is 609. The number of fused-ring (bicyclic) bond motifs is 1. The fourth-order valence-corrected chi connectivity index (χ4v) is 1.93. The molecular formula is C14H13N3. The van der Waals surface area contributed by atoms with Crippen LogP contribution in [0.3, 0.4) is 0 Å². The van der Waals surface area contributed by atoms with Gasteiger partial charge in [-0.05, 0) is 23.8 Å². The largest absolute Gasteiger partial charge is 0.322 e. The Kier molecular flexibility index (Phi) is 2.50. The molecule has 17 heavy (non-hydrogen) atoms. The van der Waals surface area contributed by atoms with Gasteiger partial charge in [-0.25, -0.2) is 0 Å². The molecule has 0 aliphatic rings. The summed E-state index contributed by atoms with van der Waals surface area (Å²) in [6.07, 6.45) is 5.80. The molecule has 0 spiro atoms. The van der Waals surface area contributed by atoms with E-state index >= 15 is 0 Å². The van der Waals surface area contributed by atoms with Crippen molar-refractivity contribution in [1.29, 1.82) is 0 Å². The molecule has 0 fully saturated rings. The summed E-state index contributed by atoms with van der Waals surface area (Å²) in [5.74, 6) is 0. The van der Waals surface area contributed by atoms with E-state index < -0.39 is 0 Å². The van der Waals surface area contributed by atoms with Crippen molar-refractivity contribution in [3.8, 4) is 0 Å². The van der Waals surface area contributed by atoms with Gasteiger partial charge in [-0.15, -0.1) is 0 Å². The highest BCUT2D eigenvalue weighted by atomic mass is 15.4. The minimum Gasteiger partial charge on any atom is -0.322 e. The second-order valence-electron chi connectivity index (χ2n) is 3.92. The summed E-state index contributed by atoms with van der Waals surface area (Å²) in [5, 5.41) is 1.18. The van der Waals surface area contributed by atoms with Crippen molar-refractivity contribution >= 4 is 10.9 Å². The minimum atomic E-state index is 0.767. The lowest BCUT2D eigenvalue weighted by Crippen LogP contribution is -2.12. The lowest BCUT2D eigenvalue weighted by atomic mass is 10.1. The average molecular weight is 223 g/mol. The van der Waals surface area contributed by atoms with E-state index in [0.717, 1.165) is 12.1 Å². The van der Waals surface area contributed by atoms with Crippen LogP contribution in [0.5, 0.6) is 0 Å². The molecule has 0 radical (unpaired) electrons. The molecule has 1 N–H and O–H groups in total. The summed E-state index contributed by atoms with van der Waals surface area (Å²) in [4.78, 5) is 4.43.